The van der Waals surface area contributed by atoms with E-state index in [1.807, 2.05) is 0 Å². The van der Waals surface area contributed by atoms with E-state index in [9.17, 15) is 8.42 Å². The van der Waals surface area contributed by atoms with Crippen molar-refractivity contribution < 1.29 is 13.6 Å². The third-order valence-corrected chi connectivity index (χ3v) is 6.15. The first-order chi connectivity index (χ1) is 9.55. The number of hydrogen-bond donors (Lipinski definition) is 2. The predicted octanol–water partition coefficient (Wildman–Crippen LogP) is 0.708. The van der Waals surface area contributed by atoms with Crippen LogP contribution in [0.3, 0.4) is 0 Å². The highest BCUT2D eigenvalue weighted by atomic mass is 32.2. The highest BCUT2D eigenvalue weighted by Crippen LogP contribution is 2.27. The lowest BCUT2D eigenvalue weighted by atomic mass is 10.2. The Labute approximate surface area is 120 Å². The van der Waals surface area contributed by atoms with E-state index in [-0.39, 0.29) is 18.4 Å². The average molecular weight is 304 g/mol. The van der Waals surface area contributed by atoms with Gasteiger partial charge in [-0.2, -0.15) is 17.0 Å². The summed E-state index contributed by atoms with van der Waals surface area (Å²) < 4.78 is 28.5. The van der Waals surface area contributed by atoms with E-state index < -0.39 is 10.2 Å². The summed E-state index contributed by atoms with van der Waals surface area (Å²) in [5.74, 6) is -0.0579. The molecule has 8 heteroatoms. The number of rotatable bonds is 5. The average Bonchev–Trinajstić information content (AvgIpc) is 2.99. The van der Waals surface area contributed by atoms with Crippen LogP contribution in [0, 0.1) is 0 Å². The molecule has 7 nitrogen and oxygen atoms in total. The molecule has 0 unspecified atom stereocenters. The second kappa shape index (κ2) is 6.73. The topological polar surface area (TPSA) is 99.2 Å². The molecule has 20 heavy (non-hydrogen) atoms. The summed E-state index contributed by atoms with van der Waals surface area (Å²) in [5.41, 5.74) is 5.54. The van der Waals surface area contributed by atoms with Gasteiger partial charge in [0.15, 0.2) is 5.84 Å². The van der Waals surface area contributed by atoms with E-state index in [0.717, 1.165) is 44.9 Å². The van der Waals surface area contributed by atoms with Crippen molar-refractivity contribution >= 4 is 16.0 Å². The Morgan fingerprint density at radius 1 is 1.20 bits per heavy atom. The van der Waals surface area contributed by atoms with Crippen LogP contribution in [0.2, 0.25) is 0 Å². The van der Waals surface area contributed by atoms with Gasteiger partial charge in [0.1, 0.15) is 0 Å². The van der Waals surface area contributed by atoms with E-state index in [4.69, 9.17) is 10.9 Å². The van der Waals surface area contributed by atoms with Gasteiger partial charge < -0.3 is 10.9 Å². The maximum atomic E-state index is 12.8. The van der Waals surface area contributed by atoms with E-state index in [1.54, 1.807) is 4.31 Å². The lowest BCUT2D eigenvalue weighted by Gasteiger charge is -2.34. The number of oxime groups is 1. The molecule has 1 saturated carbocycles. The van der Waals surface area contributed by atoms with Gasteiger partial charge in [-0.3, -0.25) is 0 Å². The van der Waals surface area contributed by atoms with Crippen LogP contribution in [0.5, 0.6) is 0 Å². The molecular weight excluding hydrogens is 280 g/mol. The van der Waals surface area contributed by atoms with E-state index in [2.05, 4.69) is 5.16 Å². The van der Waals surface area contributed by atoms with E-state index in [1.165, 1.54) is 4.31 Å². The van der Waals surface area contributed by atoms with Crippen molar-refractivity contribution in [3.63, 3.8) is 0 Å². The zero-order chi connectivity index (χ0) is 14.6. The molecule has 1 aliphatic carbocycles. The Kier molecular flexibility index (Phi) is 5.22. The monoisotopic (exact) mass is 304 g/mol. The fraction of sp³-hybridized carbons (Fsp3) is 0.917. The van der Waals surface area contributed by atoms with Gasteiger partial charge in [-0.1, -0.05) is 24.4 Å². The zero-order valence-electron chi connectivity index (χ0n) is 11.7. The molecule has 1 aliphatic heterocycles. The normalized spacial score (nSPS) is 23.6. The molecule has 0 amide bonds. The fourth-order valence-electron chi connectivity index (χ4n) is 3.03. The number of nitrogens with two attached hydrogens (primary N) is 1. The molecule has 0 bridgehead atoms. The Hall–Kier alpha value is -0.860. The first-order valence-corrected chi connectivity index (χ1v) is 8.68. The van der Waals surface area contributed by atoms with Crippen molar-refractivity contribution in [1.82, 2.24) is 8.61 Å². The van der Waals surface area contributed by atoms with Crippen molar-refractivity contribution in [1.29, 1.82) is 0 Å². The van der Waals surface area contributed by atoms with Crippen LogP contribution in [-0.4, -0.2) is 53.7 Å². The molecule has 0 aromatic rings. The largest absolute Gasteiger partial charge is 0.409 e. The number of piperidine rings is 1. The van der Waals surface area contributed by atoms with Crippen LogP contribution in [0.15, 0.2) is 5.16 Å². The van der Waals surface area contributed by atoms with Crippen molar-refractivity contribution in [3.05, 3.63) is 0 Å². The quantitative estimate of drug-likeness (QED) is 0.338. The van der Waals surface area contributed by atoms with Gasteiger partial charge in [-0.15, -0.1) is 0 Å². The fourth-order valence-corrected chi connectivity index (χ4v) is 4.93. The highest BCUT2D eigenvalue weighted by molar-refractivity contribution is 7.86. The van der Waals surface area contributed by atoms with Gasteiger partial charge in [0.05, 0.1) is 6.54 Å². The molecule has 0 radical (unpaired) electrons. The number of amidine groups is 1. The van der Waals surface area contributed by atoms with Gasteiger partial charge in [0.25, 0.3) is 10.2 Å². The molecule has 0 atom stereocenters. The molecule has 1 saturated heterocycles. The Balaban J connectivity index is 2.19. The summed E-state index contributed by atoms with van der Waals surface area (Å²) in [6.07, 6.45) is 6.66. The molecule has 3 N–H and O–H groups in total. The summed E-state index contributed by atoms with van der Waals surface area (Å²) in [6, 6.07) is -0.0257. The summed E-state index contributed by atoms with van der Waals surface area (Å²) in [4.78, 5) is 0. The van der Waals surface area contributed by atoms with Crippen LogP contribution in [0.4, 0.5) is 0 Å². The van der Waals surface area contributed by atoms with Gasteiger partial charge in [-0.25, -0.2) is 0 Å². The molecule has 1 heterocycles. The van der Waals surface area contributed by atoms with Crippen LogP contribution in [0.25, 0.3) is 0 Å². The van der Waals surface area contributed by atoms with Gasteiger partial charge in [-0.05, 0) is 25.7 Å². The van der Waals surface area contributed by atoms with Crippen LogP contribution >= 0.6 is 0 Å². The molecule has 116 valence electrons. The van der Waals surface area contributed by atoms with Crippen molar-refractivity contribution in [3.8, 4) is 0 Å². The first kappa shape index (κ1) is 15.5. The first-order valence-electron chi connectivity index (χ1n) is 7.29. The molecular formula is C12H24N4O3S. The molecule has 0 aromatic carbocycles. The van der Waals surface area contributed by atoms with Crippen molar-refractivity contribution in [2.75, 3.05) is 19.6 Å². The molecule has 2 fully saturated rings. The second-order valence-corrected chi connectivity index (χ2v) is 7.42. The zero-order valence-corrected chi connectivity index (χ0v) is 12.6. The smallest absolute Gasteiger partial charge is 0.282 e. The van der Waals surface area contributed by atoms with Gasteiger partial charge >= 0.3 is 0 Å². The molecule has 0 spiro atoms. The summed E-state index contributed by atoms with van der Waals surface area (Å²) >= 11 is 0. The minimum absolute atomic E-state index is 0.0257. The lowest BCUT2D eigenvalue weighted by Crippen LogP contribution is -2.52. The minimum atomic E-state index is -3.52. The van der Waals surface area contributed by atoms with E-state index >= 15 is 0 Å². The van der Waals surface area contributed by atoms with Crippen LogP contribution < -0.4 is 5.73 Å². The third-order valence-electron chi connectivity index (χ3n) is 4.12. The molecule has 0 aromatic heterocycles. The van der Waals surface area contributed by atoms with Gasteiger partial charge in [0, 0.05) is 19.1 Å². The highest BCUT2D eigenvalue weighted by Gasteiger charge is 2.37. The molecule has 2 aliphatic rings. The maximum Gasteiger partial charge on any atom is 0.282 e. The summed E-state index contributed by atoms with van der Waals surface area (Å²) in [6.45, 7) is 1.11. The number of nitrogens with zero attached hydrogens (tertiary/aromatic N) is 3. The summed E-state index contributed by atoms with van der Waals surface area (Å²) in [7, 11) is -3.52. The van der Waals surface area contributed by atoms with Crippen molar-refractivity contribution in [2.45, 2.75) is 51.0 Å². The second-order valence-electron chi connectivity index (χ2n) is 5.54. The third kappa shape index (κ3) is 3.42. The molecule has 2 rings (SSSR count). The number of hydrogen-bond acceptors (Lipinski definition) is 4. The Morgan fingerprint density at radius 3 is 2.35 bits per heavy atom. The van der Waals surface area contributed by atoms with Gasteiger partial charge in [0.2, 0.25) is 0 Å². The lowest BCUT2D eigenvalue weighted by molar-refractivity contribution is 0.277. The van der Waals surface area contributed by atoms with Crippen molar-refractivity contribution in [2.24, 2.45) is 10.9 Å². The standard InChI is InChI=1S/C12H24N4O3S/c13-12(14-17)10-16(11-6-2-3-7-11)20(18,19)15-8-4-1-5-9-15/h11,17H,1-10H2,(H2,13,14). The minimum Gasteiger partial charge on any atom is -0.409 e. The maximum absolute atomic E-state index is 12.8. The SMILES string of the molecule is NC(CN(C1CCCC1)S(=O)(=O)N1CCCCC1)=NO. The Bertz CT molecular complexity index is 440. The van der Waals surface area contributed by atoms with E-state index in [0.29, 0.717) is 13.1 Å². The summed E-state index contributed by atoms with van der Waals surface area (Å²) in [5, 5.41) is 11.7. The van der Waals surface area contributed by atoms with Crippen LogP contribution in [0.1, 0.15) is 44.9 Å². The predicted molar refractivity (Wildman–Crippen MR) is 76.7 cm³/mol. The Morgan fingerprint density at radius 2 is 1.80 bits per heavy atom. The van der Waals surface area contributed by atoms with Crippen LogP contribution in [-0.2, 0) is 10.2 Å².